The second kappa shape index (κ2) is 8.95. The van der Waals surface area contributed by atoms with Crippen molar-refractivity contribution < 1.29 is 17.9 Å². The van der Waals surface area contributed by atoms with Crippen molar-refractivity contribution in [1.82, 2.24) is 9.78 Å². The zero-order valence-electron chi connectivity index (χ0n) is 17.1. The lowest BCUT2D eigenvalue weighted by atomic mass is 10.2. The monoisotopic (exact) mass is 468 g/mol. The van der Waals surface area contributed by atoms with Crippen LogP contribution in [0.15, 0.2) is 77.1 Å². The maximum absolute atomic E-state index is 13.1. The number of sulfonamides is 1. The Kier molecular flexibility index (Phi) is 6.08. The maximum atomic E-state index is 13.1. The summed E-state index contributed by atoms with van der Waals surface area (Å²) in [4.78, 5) is 13.8. The van der Waals surface area contributed by atoms with Gasteiger partial charge in [0.1, 0.15) is 16.3 Å². The van der Waals surface area contributed by atoms with E-state index >= 15 is 0 Å². The van der Waals surface area contributed by atoms with Crippen molar-refractivity contribution in [3.63, 3.8) is 0 Å². The van der Waals surface area contributed by atoms with Crippen molar-refractivity contribution in [2.45, 2.75) is 11.4 Å². The number of thiophene rings is 1. The number of carbonyl (C=O) groups is 1. The zero-order valence-corrected chi connectivity index (χ0v) is 18.7. The molecule has 0 unspecified atom stereocenters. The summed E-state index contributed by atoms with van der Waals surface area (Å²) in [6.07, 6.45) is 1.68. The lowest BCUT2D eigenvalue weighted by molar-refractivity contribution is 0.102. The summed E-state index contributed by atoms with van der Waals surface area (Å²) in [5, 5.41) is 14.6. The van der Waals surface area contributed by atoms with Crippen LogP contribution in [0.2, 0.25) is 0 Å². The van der Waals surface area contributed by atoms with Crippen LogP contribution in [-0.2, 0) is 16.6 Å². The molecule has 4 rings (SSSR count). The van der Waals surface area contributed by atoms with Gasteiger partial charge in [-0.05, 0) is 35.2 Å². The maximum Gasteiger partial charge on any atom is 0.259 e. The predicted molar refractivity (Wildman–Crippen MR) is 123 cm³/mol. The number of amides is 1. The molecule has 0 spiro atoms. The number of nitrogens with two attached hydrogens (primary N) is 1. The average Bonchev–Trinajstić information content (AvgIpc) is 3.44. The Hall–Kier alpha value is -3.47. The summed E-state index contributed by atoms with van der Waals surface area (Å²) >= 11 is 1.48. The molecule has 0 saturated heterocycles. The van der Waals surface area contributed by atoms with Crippen LogP contribution in [0.1, 0.15) is 15.9 Å². The van der Waals surface area contributed by atoms with Crippen molar-refractivity contribution >= 4 is 33.0 Å². The number of hydrogen-bond acceptors (Lipinski definition) is 6. The van der Waals surface area contributed by atoms with Gasteiger partial charge in [0.25, 0.3) is 5.91 Å². The van der Waals surface area contributed by atoms with E-state index in [1.165, 1.54) is 30.6 Å². The predicted octanol–water partition coefficient (Wildman–Crippen LogP) is 3.57. The number of rotatable bonds is 7. The number of aromatic nitrogens is 2. The first-order valence-electron chi connectivity index (χ1n) is 9.52. The van der Waals surface area contributed by atoms with Gasteiger partial charge >= 0.3 is 0 Å². The van der Waals surface area contributed by atoms with Crippen LogP contribution in [0, 0.1) is 0 Å². The van der Waals surface area contributed by atoms with E-state index in [1.807, 2.05) is 47.8 Å². The van der Waals surface area contributed by atoms with E-state index in [2.05, 4.69) is 10.4 Å². The van der Waals surface area contributed by atoms with Crippen molar-refractivity contribution in [2.75, 3.05) is 12.4 Å². The van der Waals surface area contributed by atoms with E-state index < -0.39 is 15.9 Å². The molecule has 2 aromatic carbocycles. The highest BCUT2D eigenvalue weighted by Gasteiger charge is 2.21. The van der Waals surface area contributed by atoms with Crippen LogP contribution in [0.3, 0.4) is 0 Å². The largest absolute Gasteiger partial charge is 0.495 e. The molecule has 1 amide bonds. The fourth-order valence-corrected chi connectivity index (χ4v) is 4.66. The third-order valence-electron chi connectivity index (χ3n) is 4.68. The number of carbonyl (C=O) groups excluding carboxylic acids is 1. The Balaban J connectivity index is 1.67. The smallest absolute Gasteiger partial charge is 0.259 e. The molecule has 2 aromatic heterocycles. The molecule has 3 N–H and O–H groups in total. The number of nitrogens with one attached hydrogen (secondary N) is 1. The van der Waals surface area contributed by atoms with Gasteiger partial charge < -0.3 is 10.1 Å². The standard InChI is InChI=1S/C22H20N4O4S2/c1-30-18-10-9-16(12-20(18)32(23,28)29)24-22(27)17-14-26(13-15-6-3-2-4-7-15)25-21(17)19-8-5-11-31-19/h2-12,14H,13H2,1H3,(H,24,27)(H2,23,28,29). The molecule has 0 aliphatic rings. The van der Waals surface area contributed by atoms with Crippen molar-refractivity contribution in [1.29, 1.82) is 0 Å². The Morgan fingerprint density at radius 2 is 1.94 bits per heavy atom. The second-order valence-electron chi connectivity index (χ2n) is 6.92. The summed E-state index contributed by atoms with van der Waals surface area (Å²) in [6, 6.07) is 17.8. The quantitative estimate of drug-likeness (QED) is 0.430. The van der Waals surface area contributed by atoms with Crippen LogP contribution in [0.5, 0.6) is 5.75 Å². The molecule has 0 aliphatic carbocycles. The van der Waals surface area contributed by atoms with Gasteiger partial charge in [0.15, 0.2) is 0 Å². The minimum absolute atomic E-state index is 0.0976. The molecular weight excluding hydrogens is 448 g/mol. The van der Waals surface area contributed by atoms with Gasteiger partial charge in [-0.3, -0.25) is 9.48 Å². The van der Waals surface area contributed by atoms with Crippen LogP contribution < -0.4 is 15.2 Å². The minimum Gasteiger partial charge on any atom is -0.495 e. The van der Waals surface area contributed by atoms with E-state index in [9.17, 15) is 13.2 Å². The first-order chi connectivity index (χ1) is 15.3. The highest BCUT2D eigenvalue weighted by molar-refractivity contribution is 7.89. The third kappa shape index (κ3) is 4.72. The summed E-state index contributed by atoms with van der Waals surface area (Å²) in [5.41, 5.74) is 2.24. The van der Waals surface area contributed by atoms with Crippen LogP contribution in [-0.4, -0.2) is 31.2 Å². The molecule has 0 aliphatic heterocycles. The molecule has 10 heteroatoms. The van der Waals surface area contributed by atoms with Crippen LogP contribution in [0.4, 0.5) is 5.69 Å². The van der Waals surface area contributed by atoms with E-state index in [1.54, 1.807) is 16.9 Å². The molecule has 32 heavy (non-hydrogen) atoms. The number of ether oxygens (including phenoxy) is 1. The van der Waals surface area contributed by atoms with Gasteiger partial charge in [-0.2, -0.15) is 5.10 Å². The number of benzene rings is 2. The number of nitrogens with zero attached hydrogens (tertiary/aromatic N) is 2. The lowest BCUT2D eigenvalue weighted by Gasteiger charge is -2.10. The Labute approximate surface area is 189 Å². The number of anilines is 1. The van der Waals surface area contributed by atoms with Gasteiger partial charge in [-0.15, -0.1) is 11.3 Å². The summed E-state index contributed by atoms with van der Waals surface area (Å²) < 4.78 is 30.5. The Morgan fingerprint density at radius 3 is 2.59 bits per heavy atom. The zero-order chi connectivity index (χ0) is 22.7. The van der Waals surface area contributed by atoms with E-state index in [0.29, 0.717) is 17.8 Å². The molecular formula is C22H20N4O4S2. The molecule has 8 nitrogen and oxygen atoms in total. The minimum atomic E-state index is -4.03. The number of methoxy groups -OCH3 is 1. The van der Waals surface area contributed by atoms with E-state index in [4.69, 9.17) is 9.88 Å². The van der Waals surface area contributed by atoms with Gasteiger partial charge in [0.05, 0.1) is 24.1 Å². The summed E-state index contributed by atoms with van der Waals surface area (Å²) in [6.45, 7) is 0.505. The second-order valence-corrected chi connectivity index (χ2v) is 9.39. The molecule has 0 atom stereocenters. The summed E-state index contributed by atoms with van der Waals surface area (Å²) in [7, 11) is -2.69. The van der Waals surface area contributed by atoms with Crippen LogP contribution >= 0.6 is 11.3 Å². The molecule has 0 bridgehead atoms. The Bertz CT molecular complexity index is 1350. The normalized spacial score (nSPS) is 11.3. The first-order valence-corrected chi connectivity index (χ1v) is 11.9. The topological polar surface area (TPSA) is 116 Å². The average molecular weight is 469 g/mol. The molecule has 0 fully saturated rings. The van der Waals surface area contributed by atoms with E-state index in [0.717, 1.165) is 10.4 Å². The fraction of sp³-hybridized carbons (Fsp3) is 0.0909. The van der Waals surface area contributed by atoms with Gasteiger partial charge in [0, 0.05) is 11.9 Å². The van der Waals surface area contributed by atoms with Crippen LogP contribution in [0.25, 0.3) is 10.6 Å². The van der Waals surface area contributed by atoms with Gasteiger partial charge in [-0.1, -0.05) is 36.4 Å². The van der Waals surface area contributed by atoms with Crippen molar-refractivity contribution in [3.05, 3.63) is 83.4 Å². The number of hydrogen-bond donors (Lipinski definition) is 2. The molecule has 4 aromatic rings. The highest BCUT2D eigenvalue weighted by Crippen LogP contribution is 2.29. The molecule has 0 saturated carbocycles. The molecule has 0 radical (unpaired) electrons. The Morgan fingerprint density at radius 1 is 1.16 bits per heavy atom. The molecule has 2 heterocycles. The highest BCUT2D eigenvalue weighted by atomic mass is 32.2. The third-order valence-corrected chi connectivity index (χ3v) is 6.48. The first kappa shape index (κ1) is 21.8. The van der Waals surface area contributed by atoms with Crippen molar-refractivity contribution in [3.8, 4) is 16.3 Å². The SMILES string of the molecule is COc1ccc(NC(=O)c2cn(Cc3ccccc3)nc2-c2cccs2)cc1S(N)(=O)=O. The summed E-state index contributed by atoms with van der Waals surface area (Å²) in [5.74, 6) is -0.321. The van der Waals surface area contributed by atoms with Gasteiger partial charge in [-0.25, -0.2) is 13.6 Å². The fourth-order valence-electron chi connectivity index (χ4n) is 3.21. The van der Waals surface area contributed by atoms with E-state index in [-0.39, 0.29) is 16.3 Å². The molecule has 164 valence electrons. The van der Waals surface area contributed by atoms with Crippen molar-refractivity contribution in [2.24, 2.45) is 5.14 Å². The lowest BCUT2D eigenvalue weighted by Crippen LogP contribution is -2.16. The number of primary sulfonamides is 1. The van der Waals surface area contributed by atoms with Gasteiger partial charge in [0.2, 0.25) is 10.0 Å².